The molecule has 0 N–H and O–H groups in total. The summed E-state index contributed by atoms with van der Waals surface area (Å²) in [7, 11) is 0. The molecule has 4 nitrogen and oxygen atoms in total. The van der Waals surface area contributed by atoms with Crippen molar-refractivity contribution in [2.45, 2.75) is 6.92 Å². The second kappa shape index (κ2) is 4.54. The smallest absolute Gasteiger partial charge is 0.350 e. The second-order valence-corrected chi connectivity index (χ2v) is 2.97. The van der Waals surface area contributed by atoms with Gasteiger partial charge in [0, 0.05) is 0 Å². The zero-order valence-electron chi connectivity index (χ0n) is 6.94. The van der Waals surface area contributed by atoms with E-state index >= 15 is 0 Å². The number of ether oxygens (including phenoxy) is 1. The highest BCUT2D eigenvalue weighted by Crippen LogP contribution is 2.25. The molecule has 0 aliphatic rings. The molecule has 5 heteroatoms. The molecule has 1 heterocycles. The van der Waals surface area contributed by atoms with E-state index in [1.165, 1.54) is 17.4 Å². The maximum Gasteiger partial charge on any atom is 0.350 e. The lowest BCUT2D eigenvalue weighted by Crippen LogP contribution is -2.01. The summed E-state index contributed by atoms with van der Waals surface area (Å²) in [6.45, 7) is 2.02. The quantitative estimate of drug-likeness (QED) is 0.422. The van der Waals surface area contributed by atoms with E-state index in [1.807, 2.05) is 0 Å². The summed E-state index contributed by atoms with van der Waals surface area (Å²) < 4.78 is 4.75. The fourth-order valence-corrected chi connectivity index (χ4v) is 1.51. The van der Waals surface area contributed by atoms with Crippen LogP contribution in [0.4, 0.5) is 5.69 Å². The van der Waals surface area contributed by atoms with Gasteiger partial charge < -0.3 is 4.74 Å². The van der Waals surface area contributed by atoms with Crippen molar-refractivity contribution < 1.29 is 14.3 Å². The third kappa shape index (κ3) is 2.24. The van der Waals surface area contributed by atoms with Gasteiger partial charge >= 0.3 is 5.97 Å². The van der Waals surface area contributed by atoms with Crippen LogP contribution in [0.1, 0.15) is 16.6 Å². The molecule has 0 amide bonds. The predicted molar refractivity (Wildman–Crippen MR) is 48.1 cm³/mol. The normalized spacial score (nSPS) is 9.00. The Morgan fingerprint density at radius 1 is 1.77 bits per heavy atom. The van der Waals surface area contributed by atoms with Crippen LogP contribution in [0, 0.1) is 0 Å². The first-order valence-electron chi connectivity index (χ1n) is 3.62. The fourth-order valence-electron chi connectivity index (χ4n) is 0.789. The first-order chi connectivity index (χ1) is 6.29. The molecule has 0 bridgehead atoms. The van der Waals surface area contributed by atoms with Gasteiger partial charge in [0.15, 0.2) is 0 Å². The Labute approximate surface area is 78.9 Å². The van der Waals surface area contributed by atoms with Gasteiger partial charge in [-0.05, 0) is 18.4 Å². The largest absolute Gasteiger partial charge is 0.462 e. The number of hydrogen-bond acceptors (Lipinski definition) is 5. The molecule has 1 rings (SSSR count). The average Bonchev–Trinajstić information content (AvgIpc) is 2.54. The molecule has 0 fully saturated rings. The molecule has 1 aromatic rings. The molecule has 0 saturated heterocycles. The predicted octanol–water partition coefficient (Wildman–Crippen LogP) is 1.89. The van der Waals surface area contributed by atoms with Crippen molar-refractivity contribution in [2.75, 3.05) is 6.61 Å². The number of carbonyl (C=O) groups excluding carboxylic acids is 2. The van der Waals surface area contributed by atoms with Crippen LogP contribution in [0.2, 0.25) is 0 Å². The summed E-state index contributed by atoms with van der Waals surface area (Å²) in [5.41, 5.74) is 0.318. The number of rotatable bonds is 3. The van der Waals surface area contributed by atoms with Gasteiger partial charge in [-0.1, -0.05) is 0 Å². The first-order valence-corrected chi connectivity index (χ1v) is 4.50. The van der Waals surface area contributed by atoms with Crippen LogP contribution >= 0.6 is 11.3 Å². The van der Waals surface area contributed by atoms with Crippen LogP contribution < -0.4 is 0 Å². The average molecular weight is 197 g/mol. The van der Waals surface area contributed by atoms with Gasteiger partial charge in [-0.15, -0.1) is 11.3 Å². The third-order valence-corrected chi connectivity index (χ3v) is 2.16. The molecule has 13 heavy (non-hydrogen) atoms. The van der Waals surface area contributed by atoms with Crippen LogP contribution in [0.5, 0.6) is 0 Å². The summed E-state index contributed by atoms with van der Waals surface area (Å²) in [4.78, 5) is 24.9. The summed E-state index contributed by atoms with van der Waals surface area (Å²) in [5, 5.41) is 1.67. The van der Waals surface area contributed by atoms with Crippen LogP contribution in [-0.2, 0) is 9.53 Å². The topological polar surface area (TPSA) is 55.7 Å². The highest BCUT2D eigenvalue weighted by atomic mass is 32.1. The summed E-state index contributed by atoms with van der Waals surface area (Å²) in [6, 6.07) is 1.57. The number of nitrogens with zero attached hydrogens (tertiary/aromatic N) is 1. The molecule has 0 aliphatic heterocycles. The van der Waals surface area contributed by atoms with E-state index in [9.17, 15) is 9.59 Å². The first kappa shape index (κ1) is 9.64. The Morgan fingerprint density at radius 3 is 3.15 bits per heavy atom. The Kier molecular flexibility index (Phi) is 3.37. The van der Waals surface area contributed by atoms with E-state index in [-0.39, 0.29) is 0 Å². The van der Waals surface area contributed by atoms with Crippen molar-refractivity contribution in [3.8, 4) is 0 Å². The number of isocyanates is 1. The highest BCUT2D eigenvalue weighted by molar-refractivity contribution is 7.12. The lowest BCUT2D eigenvalue weighted by Gasteiger charge is -1.97. The standard InChI is InChI=1S/C8H7NO3S/c1-2-12-8(11)7-6(9-5-10)3-4-13-7/h3-4H,2H2,1H3. The lowest BCUT2D eigenvalue weighted by molar-refractivity contribution is 0.0533. The van der Waals surface area contributed by atoms with Gasteiger partial charge in [-0.2, -0.15) is 4.99 Å². The molecule has 1 aromatic heterocycles. The van der Waals surface area contributed by atoms with E-state index in [0.717, 1.165) is 0 Å². The summed E-state index contributed by atoms with van der Waals surface area (Å²) in [5.74, 6) is -0.452. The molecule has 0 saturated carbocycles. The van der Waals surface area contributed by atoms with Gasteiger partial charge in [-0.25, -0.2) is 9.59 Å². The van der Waals surface area contributed by atoms with Gasteiger partial charge in [-0.3, -0.25) is 0 Å². The highest BCUT2D eigenvalue weighted by Gasteiger charge is 2.13. The molecule has 0 spiro atoms. The van der Waals surface area contributed by atoms with Crippen molar-refractivity contribution >= 4 is 29.1 Å². The molecule has 0 aromatic carbocycles. The molecule has 0 unspecified atom stereocenters. The summed E-state index contributed by atoms with van der Waals surface area (Å²) in [6.07, 6.45) is 1.38. The van der Waals surface area contributed by atoms with Gasteiger partial charge in [0.2, 0.25) is 6.08 Å². The third-order valence-electron chi connectivity index (χ3n) is 1.27. The SMILES string of the molecule is CCOC(=O)c1sccc1N=C=O. The lowest BCUT2D eigenvalue weighted by atomic mass is 10.4. The van der Waals surface area contributed by atoms with Crippen LogP contribution in [-0.4, -0.2) is 18.7 Å². The van der Waals surface area contributed by atoms with Crippen molar-refractivity contribution in [1.82, 2.24) is 0 Å². The number of carbonyl (C=O) groups is 1. The maximum absolute atomic E-state index is 11.2. The second-order valence-electron chi connectivity index (χ2n) is 2.06. The van der Waals surface area contributed by atoms with Crippen molar-refractivity contribution in [3.63, 3.8) is 0 Å². The van der Waals surface area contributed by atoms with Crippen molar-refractivity contribution in [3.05, 3.63) is 16.3 Å². The van der Waals surface area contributed by atoms with Gasteiger partial charge in [0.1, 0.15) is 10.6 Å². The Morgan fingerprint density at radius 2 is 2.54 bits per heavy atom. The van der Waals surface area contributed by atoms with Crippen LogP contribution in [0.25, 0.3) is 0 Å². The molecular formula is C8H7NO3S. The molecule has 68 valence electrons. The zero-order valence-corrected chi connectivity index (χ0v) is 7.76. The minimum Gasteiger partial charge on any atom is -0.462 e. The van der Waals surface area contributed by atoms with Crippen molar-refractivity contribution in [1.29, 1.82) is 0 Å². The monoisotopic (exact) mass is 197 g/mol. The van der Waals surface area contributed by atoms with E-state index in [0.29, 0.717) is 17.2 Å². The zero-order chi connectivity index (χ0) is 9.68. The van der Waals surface area contributed by atoms with Crippen LogP contribution in [0.3, 0.4) is 0 Å². The van der Waals surface area contributed by atoms with Gasteiger partial charge in [0.05, 0.1) is 6.61 Å². The van der Waals surface area contributed by atoms with E-state index in [2.05, 4.69) is 4.99 Å². The van der Waals surface area contributed by atoms with E-state index in [1.54, 1.807) is 18.4 Å². The number of esters is 1. The summed E-state index contributed by atoms with van der Waals surface area (Å²) >= 11 is 1.19. The Bertz CT molecular complexity index is 352. The molecular weight excluding hydrogens is 190 g/mol. The van der Waals surface area contributed by atoms with Crippen molar-refractivity contribution in [2.24, 2.45) is 4.99 Å². The maximum atomic E-state index is 11.2. The minimum atomic E-state index is -0.452. The van der Waals surface area contributed by atoms with Gasteiger partial charge in [0.25, 0.3) is 0 Å². The molecule has 0 atom stereocenters. The molecule has 0 aliphatic carbocycles. The molecule has 0 radical (unpaired) electrons. The number of thiophene rings is 1. The Balaban J connectivity index is 2.93. The van der Waals surface area contributed by atoms with Crippen LogP contribution in [0.15, 0.2) is 16.4 Å². The number of aliphatic imine (C=N–C) groups is 1. The Hall–Kier alpha value is -1.45. The number of hydrogen-bond donors (Lipinski definition) is 0. The minimum absolute atomic E-state index is 0.307. The van der Waals surface area contributed by atoms with E-state index in [4.69, 9.17) is 4.74 Å². The fraction of sp³-hybridized carbons (Fsp3) is 0.250. The van der Waals surface area contributed by atoms with E-state index < -0.39 is 5.97 Å².